The summed E-state index contributed by atoms with van der Waals surface area (Å²) in [4.78, 5) is 0. The van der Waals surface area contributed by atoms with Crippen LogP contribution >= 0.6 is 23.2 Å². The van der Waals surface area contributed by atoms with Crippen molar-refractivity contribution in [2.24, 2.45) is 0 Å². The standard InChI is InChI=1S/C9H10Cl2FN/c1-4(2)7-8(11)5(10)3-6(13)9(7)12/h3-4H,13H2,1-2H3. The Balaban J connectivity index is 3.46. The van der Waals surface area contributed by atoms with E-state index in [0.29, 0.717) is 10.6 Å². The van der Waals surface area contributed by atoms with Crippen molar-refractivity contribution in [3.05, 3.63) is 27.5 Å². The number of halogens is 3. The zero-order valence-corrected chi connectivity index (χ0v) is 8.88. The molecule has 0 bridgehead atoms. The van der Waals surface area contributed by atoms with Gasteiger partial charge in [0.25, 0.3) is 0 Å². The van der Waals surface area contributed by atoms with Gasteiger partial charge in [-0.15, -0.1) is 0 Å². The Labute approximate surface area is 86.6 Å². The first kappa shape index (κ1) is 10.6. The van der Waals surface area contributed by atoms with Crippen molar-refractivity contribution in [3.63, 3.8) is 0 Å². The second kappa shape index (κ2) is 3.72. The van der Waals surface area contributed by atoms with Gasteiger partial charge in [0.1, 0.15) is 0 Å². The minimum atomic E-state index is -0.468. The quantitative estimate of drug-likeness (QED) is 0.567. The normalized spacial score (nSPS) is 10.9. The third-order valence-corrected chi connectivity index (χ3v) is 2.60. The Morgan fingerprint density at radius 2 is 1.92 bits per heavy atom. The van der Waals surface area contributed by atoms with Crippen LogP contribution in [0, 0.1) is 5.82 Å². The molecule has 0 aromatic heterocycles. The van der Waals surface area contributed by atoms with E-state index in [1.165, 1.54) is 6.07 Å². The molecule has 0 saturated carbocycles. The molecule has 1 aromatic rings. The second-order valence-electron chi connectivity index (χ2n) is 3.14. The van der Waals surface area contributed by atoms with Crippen molar-refractivity contribution in [3.8, 4) is 0 Å². The minimum absolute atomic E-state index is 0.0338. The van der Waals surface area contributed by atoms with E-state index in [4.69, 9.17) is 28.9 Å². The number of rotatable bonds is 1. The van der Waals surface area contributed by atoms with Crippen molar-refractivity contribution in [1.82, 2.24) is 0 Å². The Morgan fingerprint density at radius 3 is 2.38 bits per heavy atom. The Hall–Kier alpha value is -0.470. The summed E-state index contributed by atoms with van der Waals surface area (Å²) >= 11 is 11.6. The Kier molecular flexibility index (Phi) is 3.04. The maximum atomic E-state index is 13.4. The summed E-state index contributed by atoms with van der Waals surface area (Å²) < 4.78 is 13.4. The van der Waals surface area contributed by atoms with Crippen molar-refractivity contribution in [2.45, 2.75) is 19.8 Å². The lowest BCUT2D eigenvalue weighted by atomic mass is 10.0. The Bertz CT molecular complexity index is 311. The van der Waals surface area contributed by atoms with Crippen LogP contribution in [0.5, 0.6) is 0 Å². The molecule has 0 atom stereocenters. The van der Waals surface area contributed by atoms with Gasteiger partial charge in [0.05, 0.1) is 15.7 Å². The van der Waals surface area contributed by atoms with Crippen LogP contribution in [0.2, 0.25) is 10.0 Å². The molecule has 0 amide bonds. The molecule has 0 unspecified atom stereocenters. The molecule has 4 heteroatoms. The Morgan fingerprint density at radius 1 is 1.38 bits per heavy atom. The summed E-state index contributed by atoms with van der Waals surface area (Å²) in [5.41, 5.74) is 5.83. The van der Waals surface area contributed by atoms with Crippen LogP contribution in [0.25, 0.3) is 0 Å². The summed E-state index contributed by atoms with van der Waals surface area (Å²) in [6, 6.07) is 1.32. The predicted molar refractivity (Wildman–Crippen MR) is 54.9 cm³/mol. The highest BCUT2D eigenvalue weighted by molar-refractivity contribution is 6.42. The molecule has 0 radical (unpaired) electrons. The molecule has 1 rings (SSSR count). The van der Waals surface area contributed by atoms with Crippen LogP contribution < -0.4 is 5.73 Å². The van der Waals surface area contributed by atoms with Crippen molar-refractivity contribution in [1.29, 1.82) is 0 Å². The van der Waals surface area contributed by atoms with Gasteiger partial charge in [0, 0.05) is 5.56 Å². The first-order chi connectivity index (χ1) is 5.95. The third-order valence-electron chi connectivity index (χ3n) is 1.80. The van der Waals surface area contributed by atoms with Gasteiger partial charge < -0.3 is 5.73 Å². The summed E-state index contributed by atoms with van der Waals surface area (Å²) in [6.07, 6.45) is 0. The monoisotopic (exact) mass is 221 g/mol. The molecule has 0 fully saturated rings. The number of benzene rings is 1. The lowest BCUT2D eigenvalue weighted by molar-refractivity contribution is 0.603. The molecule has 0 aliphatic carbocycles. The lowest BCUT2D eigenvalue weighted by Crippen LogP contribution is -2.00. The number of nitrogens with two attached hydrogens (primary N) is 1. The fourth-order valence-corrected chi connectivity index (χ4v) is 1.73. The van der Waals surface area contributed by atoms with E-state index in [-0.39, 0.29) is 16.6 Å². The highest BCUT2D eigenvalue weighted by atomic mass is 35.5. The van der Waals surface area contributed by atoms with Gasteiger partial charge in [0.2, 0.25) is 0 Å². The number of anilines is 1. The van der Waals surface area contributed by atoms with E-state index in [1.807, 2.05) is 13.8 Å². The van der Waals surface area contributed by atoms with E-state index < -0.39 is 5.82 Å². The van der Waals surface area contributed by atoms with Gasteiger partial charge in [-0.1, -0.05) is 37.0 Å². The van der Waals surface area contributed by atoms with Crippen LogP contribution in [-0.2, 0) is 0 Å². The van der Waals surface area contributed by atoms with Crippen LogP contribution in [0.15, 0.2) is 6.07 Å². The third kappa shape index (κ3) is 1.89. The maximum Gasteiger partial charge on any atom is 0.151 e. The van der Waals surface area contributed by atoms with Gasteiger partial charge in [0.15, 0.2) is 5.82 Å². The maximum absolute atomic E-state index is 13.4. The molecule has 13 heavy (non-hydrogen) atoms. The van der Waals surface area contributed by atoms with E-state index in [9.17, 15) is 4.39 Å². The highest BCUT2D eigenvalue weighted by Crippen LogP contribution is 2.35. The van der Waals surface area contributed by atoms with Gasteiger partial charge in [-0.25, -0.2) is 4.39 Å². The van der Waals surface area contributed by atoms with Gasteiger partial charge >= 0.3 is 0 Å². The van der Waals surface area contributed by atoms with Crippen LogP contribution in [0.1, 0.15) is 25.3 Å². The summed E-state index contributed by atoms with van der Waals surface area (Å²) in [5.74, 6) is -0.502. The van der Waals surface area contributed by atoms with E-state index in [2.05, 4.69) is 0 Å². The predicted octanol–water partition coefficient (Wildman–Crippen LogP) is 3.84. The number of nitrogen functional groups attached to an aromatic ring is 1. The fraction of sp³-hybridized carbons (Fsp3) is 0.333. The van der Waals surface area contributed by atoms with Gasteiger partial charge in [-0.3, -0.25) is 0 Å². The van der Waals surface area contributed by atoms with E-state index >= 15 is 0 Å². The molecule has 2 N–H and O–H groups in total. The van der Waals surface area contributed by atoms with Crippen LogP contribution in [0.4, 0.5) is 10.1 Å². The summed E-state index contributed by atoms with van der Waals surface area (Å²) in [5, 5.41) is 0.549. The zero-order chi connectivity index (χ0) is 10.2. The van der Waals surface area contributed by atoms with Crippen LogP contribution in [-0.4, -0.2) is 0 Å². The zero-order valence-electron chi connectivity index (χ0n) is 7.37. The van der Waals surface area contributed by atoms with Gasteiger partial charge in [-0.2, -0.15) is 0 Å². The molecule has 0 aliphatic heterocycles. The number of hydrogen-bond donors (Lipinski definition) is 1. The fourth-order valence-electron chi connectivity index (χ4n) is 1.15. The molecule has 72 valence electrons. The molecular weight excluding hydrogens is 212 g/mol. The first-order valence-electron chi connectivity index (χ1n) is 3.88. The topological polar surface area (TPSA) is 26.0 Å². The molecule has 0 saturated heterocycles. The highest BCUT2D eigenvalue weighted by Gasteiger charge is 2.16. The van der Waals surface area contributed by atoms with Crippen molar-refractivity contribution < 1.29 is 4.39 Å². The largest absolute Gasteiger partial charge is 0.396 e. The molecular formula is C9H10Cl2FN. The summed E-state index contributed by atoms with van der Waals surface area (Å²) in [6.45, 7) is 3.67. The molecule has 0 spiro atoms. The molecule has 0 heterocycles. The van der Waals surface area contributed by atoms with E-state index in [0.717, 1.165) is 0 Å². The molecule has 1 nitrogen and oxygen atoms in total. The van der Waals surface area contributed by atoms with Crippen molar-refractivity contribution >= 4 is 28.9 Å². The lowest BCUT2D eigenvalue weighted by Gasteiger charge is -2.12. The minimum Gasteiger partial charge on any atom is -0.396 e. The van der Waals surface area contributed by atoms with E-state index in [1.54, 1.807) is 0 Å². The van der Waals surface area contributed by atoms with Crippen molar-refractivity contribution in [2.75, 3.05) is 5.73 Å². The second-order valence-corrected chi connectivity index (χ2v) is 3.93. The molecule has 0 aliphatic rings. The van der Waals surface area contributed by atoms with Gasteiger partial charge in [-0.05, 0) is 12.0 Å². The first-order valence-corrected chi connectivity index (χ1v) is 4.63. The van der Waals surface area contributed by atoms with Crippen LogP contribution in [0.3, 0.4) is 0 Å². The SMILES string of the molecule is CC(C)c1c(F)c(N)cc(Cl)c1Cl. The summed E-state index contributed by atoms with van der Waals surface area (Å²) in [7, 11) is 0. The average Bonchev–Trinajstić information content (AvgIpc) is 2.01. The smallest absolute Gasteiger partial charge is 0.151 e. The molecule has 1 aromatic carbocycles. The number of hydrogen-bond acceptors (Lipinski definition) is 1. The average molecular weight is 222 g/mol.